The molecule has 1 atom stereocenters. The van der Waals surface area contributed by atoms with Crippen molar-refractivity contribution in [3.63, 3.8) is 0 Å². The molecule has 1 amide bonds. The van der Waals surface area contributed by atoms with Gasteiger partial charge in [-0.1, -0.05) is 0 Å². The minimum atomic E-state index is -0.386. The number of nitrogens with one attached hydrogen (secondary N) is 2. The Kier molecular flexibility index (Phi) is 5.45. The summed E-state index contributed by atoms with van der Waals surface area (Å²) >= 11 is 0. The van der Waals surface area contributed by atoms with Crippen molar-refractivity contribution in [2.75, 3.05) is 19.6 Å². The molecular formula is C12H18N2O3. The summed E-state index contributed by atoms with van der Waals surface area (Å²) in [6, 6.07) is 6.07. The second kappa shape index (κ2) is 6.88. The zero-order chi connectivity index (χ0) is 12.7. The van der Waals surface area contributed by atoms with Crippen LogP contribution in [0.1, 0.15) is 17.3 Å². The average molecular weight is 238 g/mol. The summed E-state index contributed by atoms with van der Waals surface area (Å²) in [4.78, 5) is 11.6. The Balaban J connectivity index is 2.23. The number of phenols is 1. The highest BCUT2D eigenvalue weighted by molar-refractivity contribution is 5.94. The van der Waals surface area contributed by atoms with Gasteiger partial charge in [-0.3, -0.25) is 4.79 Å². The Morgan fingerprint density at radius 1 is 1.29 bits per heavy atom. The maximum atomic E-state index is 11.6. The summed E-state index contributed by atoms with van der Waals surface area (Å²) in [6.07, 6.45) is -0.386. The van der Waals surface area contributed by atoms with E-state index < -0.39 is 0 Å². The predicted molar refractivity (Wildman–Crippen MR) is 65.0 cm³/mol. The van der Waals surface area contributed by atoms with Crippen molar-refractivity contribution in [1.82, 2.24) is 10.6 Å². The van der Waals surface area contributed by atoms with E-state index in [1.165, 1.54) is 12.1 Å². The fourth-order valence-corrected chi connectivity index (χ4v) is 1.29. The van der Waals surface area contributed by atoms with Gasteiger partial charge in [0.15, 0.2) is 0 Å². The molecule has 0 bridgehead atoms. The lowest BCUT2D eigenvalue weighted by Crippen LogP contribution is -2.34. The molecule has 0 aliphatic heterocycles. The molecule has 1 aromatic rings. The number of carbonyl (C=O) groups is 1. The van der Waals surface area contributed by atoms with Crippen LogP contribution in [0.2, 0.25) is 0 Å². The SMILES string of the molecule is CC(O)CNCCNC(=O)c1ccc(O)cc1. The number of aliphatic hydroxyl groups excluding tert-OH is 1. The number of benzene rings is 1. The smallest absolute Gasteiger partial charge is 0.251 e. The molecule has 0 spiro atoms. The molecule has 1 rings (SSSR count). The molecule has 0 aliphatic rings. The molecule has 1 aromatic carbocycles. The van der Waals surface area contributed by atoms with Gasteiger partial charge in [0, 0.05) is 25.2 Å². The van der Waals surface area contributed by atoms with Crippen LogP contribution in [0.3, 0.4) is 0 Å². The normalized spacial score (nSPS) is 12.1. The molecule has 0 fully saturated rings. The number of phenolic OH excluding ortho intramolecular Hbond substituents is 1. The fourth-order valence-electron chi connectivity index (χ4n) is 1.29. The minimum absolute atomic E-state index is 0.139. The third-order valence-corrected chi connectivity index (χ3v) is 2.16. The lowest BCUT2D eigenvalue weighted by molar-refractivity contribution is 0.0953. The van der Waals surface area contributed by atoms with Crippen molar-refractivity contribution in [1.29, 1.82) is 0 Å². The maximum absolute atomic E-state index is 11.6. The zero-order valence-corrected chi connectivity index (χ0v) is 9.81. The van der Waals surface area contributed by atoms with Gasteiger partial charge in [0.05, 0.1) is 6.10 Å². The lowest BCUT2D eigenvalue weighted by atomic mass is 10.2. The number of hydrogen-bond acceptors (Lipinski definition) is 4. The van der Waals surface area contributed by atoms with Crippen LogP contribution in [0.4, 0.5) is 0 Å². The quantitative estimate of drug-likeness (QED) is 0.530. The van der Waals surface area contributed by atoms with Gasteiger partial charge in [-0.15, -0.1) is 0 Å². The molecule has 1 unspecified atom stereocenters. The highest BCUT2D eigenvalue weighted by Gasteiger charge is 2.03. The van der Waals surface area contributed by atoms with Gasteiger partial charge in [0.1, 0.15) is 5.75 Å². The van der Waals surface area contributed by atoms with Crippen molar-refractivity contribution >= 4 is 5.91 Å². The van der Waals surface area contributed by atoms with Gasteiger partial charge in [-0.2, -0.15) is 0 Å². The lowest BCUT2D eigenvalue weighted by Gasteiger charge is -2.08. The molecule has 0 saturated heterocycles. The fraction of sp³-hybridized carbons (Fsp3) is 0.417. The molecular weight excluding hydrogens is 220 g/mol. The molecule has 0 saturated carbocycles. The molecule has 5 nitrogen and oxygen atoms in total. The van der Waals surface area contributed by atoms with Crippen LogP contribution >= 0.6 is 0 Å². The van der Waals surface area contributed by atoms with E-state index in [-0.39, 0.29) is 17.8 Å². The Morgan fingerprint density at radius 3 is 2.53 bits per heavy atom. The van der Waals surface area contributed by atoms with Gasteiger partial charge in [0.2, 0.25) is 0 Å². The van der Waals surface area contributed by atoms with Crippen molar-refractivity contribution in [2.45, 2.75) is 13.0 Å². The third kappa shape index (κ3) is 5.33. The number of aliphatic hydroxyl groups is 1. The maximum Gasteiger partial charge on any atom is 0.251 e. The number of amides is 1. The van der Waals surface area contributed by atoms with Gasteiger partial charge in [0.25, 0.3) is 5.91 Å². The minimum Gasteiger partial charge on any atom is -0.508 e. The first-order valence-corrected chi connectivity index (χ1v) is 5.55. The van der Waals surface area contributed by atoms with E-state index in [1.807, 2.05) is 0 Å². The molecule has 5 heteroatoms. The Morgan fingerprint density at radius 2 is 1.94 bits per heavy atom. The second-order valence-corrected chi connectivity index (χ2v) is 3.86. The molecule has 17 heavy (non-hydrogen) atoms. The highest BCUT2D eigenvalue weighted by Crippen LogP contribution is 2.08. The van der Waals surface area contributed by atoms with Crippen LogP contribution in [0.25, 0.3) is 0 Å². The van der Waals surface area contributed by atoms with E-state index >= 15 is 0 Å². The van der Waals surface area contributed by atoms with E-state index in [1.54, 1.807) is 19.1 Å². The Bertz CT molecular complexity index is 349. The second-order valence-electron chi connectivity index (χ2n) is 3.86. The monoisotopic (exact) mass is 238 g/mol. The molecule has 0 aliphatic carbocycles. The van der Waals surface area contributed by atoms with Crippen LogP contribution in [0, 0.1) is 0 Å². The summed E-state index contributed by atoms with van der Waals surface area (Å²) in [6.45, 7) is 3.30. The van der Waals surface area contributed by atoms with E-state index in [2.05, 4.69) is 10.6 Å². The molecule has 0 aromatic heterocycles. The standard InChI is InChI=1S/C12H18N2O3/c1-9(15)8-13-6-7-14-12(17)10-2-4-11(16)5-3-10/h2-5,9,13,15-16H,6-8H2,1H3,(H,14,17). The summed E-state index contributed by atoms with van der Waals surface area (Å²) in [7, 11) is 0. The predicted octanol–water partition coefficient (Wildman–Crippen LogP) is 0.0924. The van der Waals surface area contributed by atoms with Crippen molar-refractivity contribution < 1.29 is 15.0 Å². The number of rotatable bonds is 6. The van der Waals surface area contributed by atoms with Crippen molar-refractivity contribution in [2.24, 2.45) is 0 Å². The van der Waals surface area contributed by atoms with Crippen molar-refractivity contribution in [3.05, 3.63) is 29.8 Å². The van der Waals surface area contributed by atoms with Crippen LogP contribution in [0.5, 0.6) is 5.75 Å². The molecule has 0 radical (unpaired) electrons. The van der Waals surface area contributed by atoms with Gasteiger partial charge in [-0.25, -0.2) is 0 Å². The van der Waals surface area contributed by atoms with Crippen LogP contribution in [0.15, 0.2) is 24.3 Å². The summed E-state index contributed by atoms with van der Waals surface area (Å²) in [5.74, 6) is -0.0380. The van der Waals surface area contributed by atoms with E-state index in [9.17, 15) is 4.79 Å². The first-order chi connectivity index (χ1) is 8.09. The Labute approximate surface area is 100 Å². The summed E-state index contributed by atoms with van der Waals surface area (Å²) in [5.41, 5.74) is 0.512. The number of hydrogen-bond donors (Lipinski definition) is 4. The highest BCUT2D eigenvalue weighted by atomic mass is 16.3. The Hall–Kier alpha value is -1.59. The van der Waals surface area contributed by atoms with Crippen LogP contribution in [-0.2, 0) is 0 Å². The van der Waals surface area contributed by atoms with Crippen LogP contribution < -0.4 is 10.6 Å². The van der Waals surface area contributed by atoms with E-state index in [4.69, 9.17) is 10.2 Å². The van der Waals surface area contributed by atoms with E-state index in [0.29, 0.717) is 25.2 Å². The number of carbonyl (C=O) groups excluding carboxylic acids is 1. The molecule has 4 N–H and O–H groups in total. The molecule has 94 valence electrons. The van der Waals surface area contributed by atoms with Gasteiger partial charge < -0.3 is 20.8 Å². The zero-order valence-electron chi connectivity index (χ0n) is 9.81. The first kappa shape index (κ1) is 13.5. The average Bonchev–Trinajstić information content (AvgIpc) is 2.29. The molecule has 0 heterocycles. The van der Waals surface area contributed by atoms with Crippen molar-refractivity contribution in [3.8, 4) is 5.75 Å². The van der Waals surface area contributed by atoms with E-state index in [0.717, 1.165) is 0 Å². The first-order valence-electron chi connectivity index (χ1n) is 5.55. The third-order valence-electron chi connectivity index (χ3n) is 2.16. The largest absolute Gasteiger partial charge is 0.508 e. The van der Waals surface area contributed by atoms with Gasteiger partial charge in [-0.05, 0) is 31.2 Å². The summed E-state index contributed by atoms with van der Waals surface area (Å²) in [5, 5.41) is 23.8. The topological polar surface area (TPSA) is 81.6 Å². The number of aromatic hydroxyl groups is 1. The summed E-state index contributed by atoms with van der Waals surface area (Å²) < 4.78 is 0. The van der Waals surface area contributed by atoms with Crippen LogP contribution in [-0.4, -0.2) is 41.9 Å². The van der Waals surface area contributed by atoms with Gasteiger partial charge >= 0.3 is 0 Å².